The van der Waals surface area contributed by atoms with Gasteiger partial charge >= 0.3 is 0 Å². The summed E-state index contributed by atoms with van der Waals surface area (Å²) in [6.07, 6.45) is 1.64. The fourth-order valence-electron chi connectivity index (χ4n) is 1.72. The molecule has 1 atom stereocenters. The second-order valence-corrected chi connectivity index (χ2v) is 5.15. The van der Waals surface area contributed by atoms with Crippen molar-refractivity contribution in [3.63, 3.8) is 0 Å². The average Bonchev–Trinajstić information content (AvgIpc) is 2.99. The van der Waals surface area contributed by atoms with Gasteiger partial charge in [-0.2, -0.15) is 0 Å². The first-order chi connectivity index (χ1) is 10.1. The van der Waals surface area contributed by atoms with E-state index in [9.17, 15) is 4.79 Å². The maximum atomic E-state index is 12.1. The van der Waals surface area contributed by atoms with Gasteiger partial charge in [0.2, 0.25) is 5.91 Å². The number of ether oxygens (including phenoxy) is 2. The third-order valence-electron chi connectivity index (χ3n) is 2.83. The summed E-state index contributed by atoms with van der Waals surface area (Å²) in [6.45, 7) is 1.77. The number of benzene rings is 1. The molecule has 1 heterocycles. The lowest BCUT2D eigenvalue weighted by atomic mass is 10.2. The predicted molar refractivity (Wildman–Crippen MR) is 83.4 cm³/mol. The van der Waals surface area contributed by atoms with E-state index < -0.39 is 6.04 Å². The first-order valence-corrected chi connectivity index (χ1v) is 7.21. The van der Waals surface area contributed by atoms with Crippen molar-refractivity contribution in [3.05, 3.63) is 29.8 Å². The highest BCUT2D eigenvalue weighted by atomic mass is 32.1. The number of nitrogens with zero attached hydrogens (tertiary/aromatic N) is 1. The SMILES string of the molecule is COc1ccc(OC)c(N[C@@H](C)C(=O)Nc2nccs2)c1. The molecule has 0 saturated heterocycles. The molecule has 2 N–H and O–H groups in total. The summed E-state index contributed by atoms with van der Waals surface area (Å²) >= 11 is 1.37. The number of anilines is 2. The van der Waals surface area contributed by atoms with E-state index in [1.165, 1.54) is 11.3 Å². The van der Waals surface area contributed by atoms with Crippen LogP contribution in [-0.4, -0.2) is 31.2 Å². The standard InChI is InChI=1S/C14H17N3O3S/c1-9(13(18)17-14-15-6-7-21-14)16-11-8-10(19-2)4-5-12(11)20-3/h4-9,16H,1-3H3,(H,15,17,18)/t9-/m0/s1. The van der Waals surface area contributed by atoms with E-state index in [0.717, 1.165) is 0 Å². The molecule has 21 heavy (non-hydrogen) atoms. The maximum absolute atomic E-state index is 12.1. The van der Waals surface area contributed by atoms with Crippen LogP contribution in [0, 0.1) is 0 Å². The van der Waals surface area contributed by atoms with Crippen LogP contribution in [0.4, 0.5) is 10.8 Å². The number of aromatic nitrogens is 1. The van der Waals surface area contributed by atoms with Gasteiger partial charge in [-0.05, 0) is 19.1 Å². The number of carbonyl (C=O) groups excluding carboxylic acids is 1. The van der Waals surface area contributed by atoms with Gasteiger partial charge in [0.25, 0.3) is 0 Å². The number of thiazole rings is 1. The van der Waals surface area contributed by atoms with E-state index in [2.05, 4.69) is 15.6 Å². The van der Waals surface area contributed by atoms with Crippen molar-refractivity contribution in [2.24, 2.45) is 0 Å². The van der Waals surface area contributed by atoms with E-state index in [4.69, 9.17) is 9.47 Å². The molecule has 0 unspecified atom stereocenters. The topological polar surface area (TPSA) is 72.5 Å². The molecule has 7 heteroatoms. The Morgan fingerprint density at radius 1 is 1.33 bits per heavy atom. The molecule has 0 saturated carbocycles. The molecule has 112 valence electrons. The van der Waals surface area contributed by atoms with Crippen molar-refractivity contribution in [2.45, 2.75) is 13.0 Å². The number of rotatable bonds is 6. The van der Waals surface area contributed by atoms with Crippen molar-refractivity contribution in [2.75, 3.05) is 24.9 Å². The second-order valence-electron chi connectivity index (χ2n) is 4.26. The van der Waals surface area contributed by atoms with Crippen molar-refractivity contribution in [1.29, 1.82) is 0 Å². The van der Waals surface area contributed by atoms with E-state index in [1.54, 1.807) is 50.9 Å². The Labute approximate surface area is 127 Å². The van der Waals surface area contributed by atoms with E-state index in [1.807, 2.05) is 0 Å². The van der Waals surface area contributed by atoms with Gasteiger partial charge in [0.1, 0.15) is 17.5 Å². The Kier molecular flexibility index (Phi) is 4.99. The van der Waals surface area contributed by atoms with E-state index in [0.29, 0.717) is 22.3 Å². The van der Waals surface area contributed by atoms with Gasteiger partial charge in [0.15, 0.2) is 5.13 Å². The quantitative estimate of drug-likeness (QED) is 0.858. The molecule has 2 rings (SSSR count). The normalized spacial score (nSPS) is 11.6. The number of methoxy groups -OCH3 is 2. The highest BCUT2D eigenvalue weighted by molar-refractivity contribution is 7.13. The van der Waals surface area contributed by atoms with Gasteiger partial charge < -0.3 is 20.1 Å². The molecule has 0 fully saturated rings. The fourth-order valence-corrected chi connectivity index (χ4v) is 2.26. The molecule has 0 aliphatic rings. The molecule has 0 spiro atoms. The minimum atomic E-state index is -0.449. The van der Waals surface area contributed by atoms with E-state index in [-0.39, 0.29) is 5.91 Å². The molecule has 1 amide bonds. The molecule has 0 radical (unpaired) electrons. The third kappa shape index (κ3) is 3.85. The van der Waals surface area contributed by atoms with Crippen LogP contribution in [-0.2, 0) is 4.79 Å². The Balaban J connectivity index is 2.07. The summed E-state index contributed by atoms with van der Waals surface area (Å²) in [5.74, 6) is 1.16. The Morgan fingerprint density at radius 3 is 2.76 bits per heavy atom. The van der Waals surface area contributed by atoms with Gasteiger partial charge in [0.05, 0.1) is 19.9 Å². The Morgan fingerprint density at radius 2 is 2.14 bits per heavy atom. The zero-order valence-corrected chi connectivity index (χ0v) is 12.9. The zero-order chi connectivity index (χ0) is 15.2. The number of hydrogen-bond acceptors (Lipinski definition) is 6. The lowest BCUT2D eigenvalue weighted by Crippen LogP contribution is -2.31. The minimum Gasteiger partial charge on any atom is -0.497 e. The zero-order valence-electron chi connectivity index (χ0n) is 12.0. The number of hydrogen-bond donors (Lipinski definition) is 2. The molecule has 0 aliphatic carbocycles. The summed E-state index contributed by atoms with van der Waals surface area (Å²) in [5.41, 5.74) is 0.693. The number of amides is 1. The van der Waals surface area contributed by atoms with Crippen molar-refractivity contribution in [3.8, 4) is 11.5 Å². The predicted octanol–water partition coefficient (Wildman–Crippen LogP) is 2.60. The molecular weight excluding hydrogens is 290 g/mol. The van der Waals surface area contributed by atoms with Crippen LogP contribution in [0.15, 0.2) is 29.8 Å². The highest BCUT2D eigenvalue weighted by Gasteiger charge is 2.16. The average molecular weight is 307 g/mol. The summed E-state index contributed by atoms with van der Waals surface area (Å²) < 4.78 is 10.4. The molecule has 6 nitrogen and oxygen atoms in total. The maximum Gasteiger partial charge on any atom is 0.248 e. The monoisotopic (exact) mass is 307 g/mol. The van der Waals surface area contributed by atoms with E-state index >= 15 is 0 Å². The Bertz CT molecular complexity index is 602. The lowest BCUT2D eigenvalue weighted by Gasteiger charge is -2.17. The largest absolute Gasteiger partial charge is 0.497 e. The summed E-state index contributed by atoms with van der Waals surface area (Å²) in [5, 5.41) is 8.23. The van der Waals surface area contributed by atoms with Crippen LogP contribution in [0.25, 0.3) is 0 Å². The minimum absolute atomic E-state index is 0.171. The summed E-state index contributed by atoms with van der Waals surface area (Å²) in [7, 11) is 3.16. The number of nitrogens with one attached hydrogen (secondary N) is 2. The van der Waals surface area contributed by atoms with Crippen molar-refractivity contribution < 1.29 is 14.3 Å². The summed E-state index contributed by atoms with van der Waals surface area (Å²) in [6, 6.07) is 4.91. The lowest BCUT2D eigenvalue weighted by molar-refractivity contribution is -0.116. The molecular formula is C14H17N3O3S. The first kappa shape index (κ1) is 15.1. The smallest absolute Gasteiger partial charge is 0.248 e. The van der Waals surface area contributed by atoms with Gasteiger partial charge in [-0.3, -0.25) is 4.79 Å². The molecule has 2 aromatic rings. The Hall–Kier alpha value is -2.28. The molecule has 0 bridgehead atoms. The fraction of sp³-hybridized carbons (Fsp3) is 0.286. The van der Waals surface area contributed by atoms with Crippen molar-refractivity contribution >= 4 is 28.1 Å². The highest BCUT2D eigenvalue weighted by Crippen LogP contribution is 2.29. The van der Waals surface area contributed by atoms with Crippen LogP contribution < -0.4 is 20.1 Å². The van der Waals surface area contributed by atoms with Gasteiger partial charge in [-0.25, -0.2) is 4.98 Å². The molecule has 1 aromatic carbocycles. The third-order valence-corrected chi connectivity index (χ3v) is 3.52. The van der Waals surface area contributed by atoms with Gasteiger partial charge in [-0.1, -0.05) is 0 Å². The van der Waals surface area contributed by atoms with Crippen LogP contribution in [0.3, 0.4) is 0 Å². The van der Waals surface area contributed by atoms with Crippen LogP contribution in [0.5, 0.6) is 11.5 Å². The van der Waals surface area contributed by atoms with Crippen LogP contribution in [0.2, 0.25) is 0 Å². The second kappa shape index (κ2) is 6.94. The van der Waals surface area contributed by atoms with Crippen molar-refractivity contribution in [1.82, 2.24) is 4.98 Å². The molecule has 1 aromatic heterocycles. The molecule has 0 aliphatic heterocycles. The van der Waals surface area contributed by atoms with Crippen LogP contribution >= 0.6 is 11.3 Å². The number of carbonyl (C=O) groups is 1. The van der Waals surface area contributed by atoms with Crippen LogP contribution in [0.1, 0.15) is 6.92 Å². The first-order valence-electron chi connectivity index (χ1n) is 6.33. The van der Waals surface area contributed by atoms with Gasteiger partial charge in [0, 0.05) is 17.6 Å². The van der Waals surface area contributed by atoms with Gasteiger partial charge in [-0.15, -0.1) is 11.3 Å². The summed E-state index contributed by atoms with van der Waals surface area (Å²) in [4.78, 5) is 16.1.